The molecule has 0 unspecified atom stereocenters. The summed E-state index contributed by atoms with van der Waals surface area (Å²) in [7, 11) is 0. The van der Waals surface area contributed by atoms with E-state index in [-0.39, 0.29) is 11.2 Å². The van der Waals surface area contributed by atoms with E-state index in [1.165, 1.54) is 4.57 Å². The molecule has 0 saturated carbocycles. The van der Waals surface area contributed by atoms with Crippen molar-refractivity contribution in [2.75, 3.05) is 0 Å². The van der Waals surface area contributed by atoms with E-state index >= 15 is 0 Å². The van der Waals surface area contributed by atoms with Gasteiger partial charge in [0.15, 0.2) is 17.0 Å². The average molecular weight is 589 g/mol. The fourth-order valence-corrected chi connectivity index (χ4v) is 5.78. The predicted octanol–water partition coefficient (Wildman–Crippen LogP) is 5.25. The van der Waals surface area contributed by atoms with E-state index in [1.807, 2.05) is 66.1 Å². The van der Waals surface area contributed by atoms with E-state index in [0.717, 1.165) is 59.3 Å². The first kappa shape index (κ1) is 29.0. The Morgan fingerprint density at radius 3 is 2.20 bits per heavy atom. The minimum atomic E-state index is -0.310. The third-order valence-electron chi connectivity index (χ3n) is 8.11. The first-order valence-corrected chi connectivity index (χ1v) is 15.3. The summed E-state index contributed by atoms with van der Waals surface area (Å²) in [6.07, 6.45) is 4.44. The summed E-state index contributed by atoms with van der Waals surface area (Å²) in [6.45, 7) is 5.31. The first-order valence-electron chi connectivity index (χ1n) is 15.3. The quantitative estimate of drug-likeness (QED) is 0.195. The molecule has 0 amide bonds. The summed E-state index contributed by atoms with van der Waals surface area (Å²) in [5, 5.41) is 14.4. The van der Waals surface area contributed by atoms with Gasteiger partial charge in [-0.05, 0) is 52.4 Å². The molecular weight excluding hydrogens is 552 g/mol. The second-order valence-corrected chi connectivity index (χ2v) is 11.0. The zero-order valence-corrected chi connectivity index (χ0v) is 25.1. The highest BCUT2D eigenvalue weighted by molar-refractivity contribution is 5.80. The van der Waals surface area contributed by atoms with Gasteiger partial charge in [0, 0.05) is 31.6 Å². The number of aromatic amines is 1. The van der Waals surface area contributed by atoms with Crippen molar-refractivity contribution in [2.24, 2.45) is 0 Å². The number of benzene rings is 3. The number of H-pyrrole nitrogens is 1. The van der Waals surface area contributed by atoms with Gasteiger partial charge in [0.2, 0.25) is 0 Å². The lowest BCUT2D eigenvalue weighted by Gasteiger charge is -2.13. The molecule has 3 heterocycles. The lowest BCUT2D eigenvalue weighted by atomic mass is 9.98. The van der Waals surface area contributed by atoms with E-state index in [4.69, 9.17) is 4.98 Å². The molecule has 6 rings (SSSR count). The van der Waals surface area contributed by atoms with E-state index in [0.29, 0.717) is 43.0 Å². The molecule has 0 radical (unpaired) electrons. The number of aromatic nitrogens is 8. The van der Waals surface area contributed by atoms with Crippen LogP contribution in [0.2, 0.25) is 0 Å². The van der Waals surface area contributed by atoms with Crippen LogP contribution < -0.4 is 11.2 Å². The van der Waals surface area contributed by atoms with Crippen molar-refractivity contribution in [2.45, 2.75) is 65.6 Å². The van der Waals surface area contributed by atoms with Crippen LogP contribution in [0.25, 0.3) is 33.7 Å². The Balaban J connectivity index is 1.40. The molecule has 10 nitrogen and oxygen atoms in total. The van der Waals surface area contributed by atoms with E-state index in [9.17, 15) is 9.59 Å². The molecule has 10 heteroatoms. The second-order valence-electron chi connectivity index (χ2n) is 11.0. The molecular formula is C34H36N8O2. The van der Waals surface area contributed by atoms with Crippen molar-refractivity contribution < 1.29 is 0 Å². The SMILES string of the molecule is CCCCCc1nc2c(c(=O)n(CCc3ccccc3)c(=O)n2CC)n1Cc1ccc(-c2ccccc2-c2nnn[nH]2)cc1. The number of unbranched alkanes of at least 4 members (excludes halogenated alkanes) is 2. The lowest BCUT2D eigenvalue weighted by molar-refractivity contribution is 0.578. The highest BCUT2D eigenvalue weighted by Crippen LogP contribution is 2.30. The molecule has 0 saturated heterocycles. The Bertz CT molecular complexity index is 1970. The van der Waals surface area contributed by atoms with Crippen molar-refractivity contribution in [3.63, 3.8) is 0 Å². The van der Waals surface area contributed by atoms with Crippen LogP contribution >= 0.6 is 0 Å². The van der Waals surface area contributed by atoms with Gasteiger partial charge in [-0.15, -0.1) is 5.10 Å². The normalized spacial score (nSPS) is 11.4. The van der Waals surface area contributed by atoms with Crippen LogP contribution in [0.15, 0.2) is 88.5 Å². The van der Waals surface area contributed by atoms with Crippen LogP contribution in [-0.2, 0) is 32.5 Å². The maximum absolute atomic E-state index is 14.1. The Labute approximate surface area is 255 Å². The van der Waals surface area contributed by atoms with Crippen LogP contribution in [0.1, 0.15) is 50.1 Å². The molecule has 0 bridgehead atoms. The summed E-state index contributed by atoms with van der Waals surface area (Å²) in [5.74, 6) is 1.44. The van der Waals surface area contributed by atoms with Crippen LogP contribution in [0, 0.1) is 0 Å². The third kappa shape index (κ3) is 5.75. The number of fused-ring (bicyclic) bond motifs is 1. The van der Waals surface area contributed by atoms with Gasteiger partial charge in [-0.3, -0.25) is 13.9 Å². The zero-order chi connectivity index (χ0) is 30.5. The number of nitrogens with one attached hydrogen (secondary N) is 1. The fraction of sp³-hybridized carbons (Fsp3) is 0.294. The molecule has 0 aliphatic carbocycles. The molecule has 224 valence electrons. The van der Waals surface area contributed by atoms with Crippen LogP contribution in [0.4, 0.5) is 0 Å². The molecule has 0 atom stereocenters. The van der Waals surface area contributed by atoms with E-state index in [2.05, 4.69) is 51.8 Å². The number of rotatable bonds is 12. The van der Waals surface area contributed by atoms with Crippen molar-refractivity contribution in [1.29, 1.82) is 0 Å². The largest absolute Gasteiger partial charge is 0.332 e. The Kier molecular flexibility index (Phi) is 8.58. The van der Waals surface area contributed by atoms with Gasteiger partial charge in [-0.2, -0.15) is 0 Å². The summed E-state index contributed by atoms with van der Waals surface area (Å²) in [6, 6.07) is 26.2. The molecule has 3 aromatic heterocycles. The predicted molar refractivity (Wildman–Crippen MR) is 171 cm³/mol. The minimum Gasteiger partial charge on any atom is -0.318 e. The minimum absolute atomic E-state index is 0.286. The monoisotopic (exact) mass is 588 g/mol. The number of nitrogens with zero attached hydrogens (tertiary/aromatic N) is 7. The first-order chi connectivity index (χ1) is 21.6. The van der Waals surface area contributed by atoms with Crippen molar-refractivity contribution >= 4 is 11.2 Å². The molecule has 0 fully saturated rings. The maximum Gasteiger partial charge on any atom is 0.332 e. The van der Waals surface area contributed by atoms with E-state index in [1.54, 1.807) is 4.57 Å². The number of hydrogen-bond acceptors (Lipinski definition) is 6. The molecule has 3 aromatic carbocycles. The van der Waals surface area contributed by atoms with Gasteiger partial charge in [0.05, 0.1) is 0 Å². The number of hydrogen-bond donors (Lipinski definition) is 1. The summed E-state index contributed by atoms with van der Waals surface area (Å²) in [4.78, 5) is 32.5. The Morgan fingerprint density at radius 2 is 1.50 bits per heavy atom. The standard InChI is InChI=1S/C34H36N8O2/c1-3-5-7-16-29-35-32-30(33(43)41(34(44)40(32)4-2)22-21-24-12-8-6-9-13-24)42(29)23-25-17-19-26(20-18-25)27-14-10-11-15-28(27)31-36-38-39-37-31/h6,8-15,17-20H,3-5,7,16,21-23H2,1-2H3,(H,36,37,38,39). The van der Waals surface area contributed by atoms with Crippen LogP contribution in [0.3, 0.4) is 0 Å². The van der Waals surface area contributed by atoms with Gasteiger partial charge >= 0.3 is 5.69 Å². The average Bonchev–Trinajstić information content (AvgIpc) is 3.71. The number of tetrazole rings is 1. The van der Waals surface area contributed by atoms with Gasteiger partial charge in [-0.1, -0.05) is 98.6 Å². The molecule has 0 aliphatic rings. The Hall–Kier alpha value is -5.12. The summed E-state index contributed by atoms with van der Waals surface area (Å²) in [5.41, 5.74) is 5.43. The summed E-state index contributed by atoms with van der Waals surface area (Å²) >= 11 is 0. The summed E-state index contributed by atoms with van der Waals surface area (Å²) < 4.78 is 5.05. The zero-order valence-electron chi connectivity index (χ0n) is 25.1. The van der Waals surface area contributed by atoms with Crippen molar-refractivity contribution in [1.82, 2.24) is 39.3 Å². The topological polar surface area (TPSA) is 116 Å². The van der Waals surface area contributed by atoms with Crippen LogP contribution in [-0.4, -0.2) is 39.3 Å². The lowest BCUT2D eigenvalue weighted by Crippen LogP contribution is -2.41. The molecule has 0 aliphatic heterocycles. The highest BCUT2D eigenvalue weighted by Gasteiger charge is 2.21. The molecule has 1 N–H and O–H groups in total. The van der Waals surface area contributed by atoms with Gasteiger partial charge in [0.25, 0.3) is 5.56 Å². The van der Waals surface area contributed by atoms with Gasteiger partial charge in [0.1, 0.15) is 5.82 Å². The second kappa shape index (κ2) is 13.0. The van der Waals surface area contributed by atoms with E-state index < -0.39 is 0 Å². The smallest absolute Gasteiger partial charge is 0.318 e. The maximum atomic E-state index is 14.1. The number of imidazole rings is 1. The van der Waals surface area contributed by atoms with Crippen LogP contribution in [0.5, 0.6) is 0 Å². The van der Waals surface area contributed by atoms with Crippen molar-refractivity contribution in [3.05, 3.63) is 117 Å². The van der Waals surface area contributed by atoms with Crippen molar-refractivity contribution in [3.8, 4) is 22.5 Å². The fourth-order valence-electron chi connectivity index (χ4n) is 5.78. The van der Waals surface area contributed by atoms with Gasteiger partial charge in [-0.25, -0.2) is 14.9 Å². The Morgan fingerprint density at radius 1 is 0.750 bits per heavy atom. The third-order valence-corrected chi connectivity index (χ3v) is 8.11. The van der Waals surface area contributed by atoms with Gasteiger partial charge < -0.3 is 4.57 Å². The highest BCUT2D eigenvalue weighted by atomic mass is 16.2. The number of aryl methyl sites for hydroxylation is 3. The molecule has 0 spiro atoms. The molecule has 6 aromatic rings. The molecule has 44 heavy (non-hydrogen) atoms.